The number of ketones is 2. The molecule has 24 heavy (non-hydrogen) atoms. The van der Waals surface area contributed by atoms with Crippen molar-refractivity contribution >= 4 is 11.6 Å². The second-order valence-corrected chi connectivity index (χ2v) is 6.88. The molecule has 3 nitrogen and oxygen atoms in total. The largest absolute Gasteiger partial charge is 0.494 e. The monoisotopic (exact) mass is 330 g/mol. The Morgan fingerprint density at radius 3 is 2.50 bits per heavy atom. The van der Waals surface area contributed by atoms with Crippen LogP contribution in [-0.4, -0.2) is 18.2 Å². The second-order valence-electron chi connectivity index (χ2n) is 6.88. The normalized spacial score (nSPS) is 20.8. The van der Waals surface area contributed by atoms with E-state index in [4.69, 9.17) is 4.74 Å². The van der Waals surface area contributed by atoms with Gasteiger partial charge in [-0.1, -0.05) is 44.7 Å². The first-order chi connectivity index (χ1) is 11.6. The first-order valence-electron chi connectivity index (χ1n) is 9.41. The lowest BCUT2D eigenvalue weighted by molar-refractivity contribution is -0.135. The van der Waals surface area contributed by atoms with E-state index >= 15 is 0 Å². The maximum absolute atomic E-state index is 12.5. The van der Waals surface area contributed by atoms with Crippen molar-refractivity contribution in [3.05, 3.63) is 29.8 Å². The fourth-order valence-corrected chi connectivity index (χ4v) is 3.56. The minimum Gasteiger partial charge on any atom is -0.494 e. The standard InChI is InChI=1S/C21H30O3/c1-3-5-6-7-16-10-13-19(20(22)14-16)21(23)15-17-8-11-18(12-9-17)24-4-2/h8-9,11-12,16,19H,3-7,10,13-15H2,1-2H3. The number of hydrogen-bond donors (Lipinski definition) is 0. The van der Waals surface area contributed by atoms with E-state index in [0.717, 1.165) is 30.6 Å². The van der Waals surface area contributed by atoms with Gasteiger partial charge in [0.2, 0.25) is 0 Å². The molecular formula is C21H30O3. The summed E-state index contributed by atoms with van der Waals surface area (Å²) in [5, 5.41) is 0. The average molecular weight is 330 g/mol. The van der Waals surface area contributed by atoms with Crippen LogP contribution in [0.15, 0.2) is 24.3 Å². The van der Waals surface area contributed by atoms with Crippen molar-refractivity contribution in [2.24, 2.45) is 11.8 Å². The summed E-state index contributed by atoms with van der Waals surface area (Å²) in [6.07, 6.45) is 7.51. The van der Waals surface area contributed by atoms with E-state index in [0.29, 0.717) is 25.4 Å². The molecule has 2 unspecified atom stereocenters. The van der Waals surface area contributed by atoms with Crippen LogP contribution in [0.2, 0.25) is 0 Å². The third kappa shape index (κ3) is 5.47. The Hall–Kier alpha value is -1.64. The third-order valence-electron chi connectivity index (χ3n) is 4.96. The summed E-state index contributed by atoms with van der Waals surface area (Å²) in [4.78, 5) is 24.9. The first-order valence-corrected chi connectivity index (χ1v) is 9.41. The van der Waals surface area contributed by atoms with E-state index in [2.05, 4.69) is 6.92 Å². The zero-order valence-corrected chi connectivity index (χ0v) is 15.1. The summed E-state index contributed by atoms with van der Waals surface area (Å²) < 4.78 is 5.41. The van der Waals surface area contributed by atoms with Crippen molar-refractivity contribution in [2.45, 2.75) is 65.2 Å². The Morgan fingerprint density at radius 1 is 1.12 bits per heavy atom. The van der Waals surface area contributed by atoms with Crippen LogP contribution < -0.4 is 4.74 Å². The summed E-state index contributed by atoms with van der Waals surface area (Å²) in [6.45, 7) is 4.78. The lowest BCUT2D eigenvalue weighted by Gasteiger charge is -2.26. The molecule has 0 amide bonds. The highest BCUT2D eigenvalue weighted by molar-refractivity contribution is 6.03. The summed E-state index contributed by atoms with van der Waals surface area (Å²) >= 11 is 0. The van der Waals surface area contributed by atoms with Crippen LogP contribution >= 0.6 is 0 Å². The molecule has 0 N–H and O–H groups in total. The number of ether oxygens (including phenoxy) is 1. The van der Waals surface area contributed by atoms with E-state index in [9.17, 15) is 9.59 Å². The second kappa shape index (κ2) is 9.61. The van der Waals surface area contributed by atoms with Crippen LogP contribution in [0.3, 0.4) is 0 Å². The predicted molar refractivity (Wildman–Crippen MR) is 96.3 cm³/mol. The van der Waals surface area contributed by atoms with E-state index in [1.807, 2.05) is 31.2 Å². The van der Waals surface area contributed by atoms with Crippen LogP contribution in [0, 0.1) is 11.8 Å². The van der Waals surface area contributed by atoms with Gasteiger partial charge in [0.1, 0.15) is 17.3 Å². The quantitative estimate of drug-likeness (QED) is 0.484. The maximum atomic E-state index is 12.5. The fraction of sp³-hybridized carbons (Fsp3) is 0.619. The number of carbonyl (C=O) groups is 2. The van der Waals surface area contributed by atoms with Gasteiger partial charge in [-0.25, -0.2) is 0 Å². The summed E-state index contributed by atoms with van der Waals surface area (Å²) in [5.41, 5.74) is 0.960. The van der Waals surface area contributed by atoms with Gasteiger partial charge in [-0.15, -0.1) is 0 Å². The molecule has 1 fully saturated rings. The summed E-state index contributed by atoms with van der Waals surface area (Å²) in [7, 11) is 0. The number of rotatable bonds is 9. The van der Waals surface area contributed by atoms with Crippen molar-refractivity contribution in [1.29, 1.82) is 0 Å². The molecule has 0 spiro atoms. The molecule has 0 aliphatic heterocycles. The molecule has 0 bridgehead atoms. The Bertz CT molecular complexity index is 533. The van der Waals surface area contributed by atoms with Gasteiger partial charge in [0.05, 0.1) is 12.5 Å². The van der Waals surface area contributed by atoms with Gasteiger partial charge in [-0.3, -0.25) is 9.59 Å². The van der Waals surface area contributed by atoms with Crippen LogP contribution in [0.4, 0.5) is 0 Å². The third-order valence-corrected chi connectivity index (χ3v) is 4.96. The van der Waals surface area contributed by atoms with E-state index in [-0.39, 0.29) is 17.5 Å². The first kappa shape index (κ1) is 18.7. The predicted octanol–water partition coefficient (Wildman–Crippen LogP) is 4.76. The molecule has 2 rings (SSSR count). The van der Waals surface area contributed by atoms with Gasteiger partial charge < -0.3 is 4.74 Å². The smallest absolute Gasteiger partial charge is 0.147 e. The molecule has 1 aliphatic carbocycles. The van der Waals surface area contributed by atoms with E-state index < -0.39 is 0 Å². The van der Waals surface area contributed by atoms with Gasteiger partial charge in [0.25, 0.3) is 0 Å². The molecule has 2 atom stereocenters. The number of benzene rings is 1. The molecule has 1 saturated carbocycles. The van der Waals surface area contributed by atoms with Crippen LogP contribution in [0.25, 0.3) is 0 Å². The van der Waals surface area contributed by atoms with Gasteiger partial charge in [0.15, 0.2) is 0 Å². The number of carbonyl (C=O) groups excluding carboxylic acids is 2. The highest BCUT2D eigenvalue weighted by Crippen LogP contribution is 2.31. The van der Waals surface area contributed by atoms with Gasteiger partial charge in [-0.2, -0.15) is 0 Å². The SMILES string of the molecule is CCCCCC1CCC(C(=O)Cc2ccc(OCC)cc2)C(=O)C1. The molecule has 1 aliphatic rings. The van der Waals surface area contributed by atoms with E-state index in [1.54, 1.807) is 0 Å². The summed E-state index contributed by atoms with van der Waals surface area (Å²) in [5.74, 6) is 1.18. The van der Waals surface area contributed by atoms with Gasteiger partial charge >= 0.3 is 0 Å². The molecule has 0 heterocycles. The molecule has 3 heteroatoms. The maximum Gasteiger partial charge on any atom is 0.147 e. The Labute approximate surface area is 145 Å². The van der Waals surface area contributed by atoms with Crippen LogP contribution in [-0.2, 0) is 16.0 Å². The lowest BCUT2D eigenvalue weighted by atomic mass is 9.76. The van der Waals surface area contributed by atoms with Crippen LogP contribution in [0.1, 0.15) is 64.4 Å². The van der Waals surface area contributed by atoms with E-state index in [1.165, 1.54) is 19.3 Å². The van der Waals surface area contributed by atoms with Crippen molar-refractivity contribution in [3.63, 3.8) is 0 Å². The molecular weight excluding hydrogens is 300 g/mol. The Kier molecular flexibility index (Phi) is 7.48. The Morgan fingerprint density at radius 2 is 1.88 bits per heavy atom. The minimum atomic E-state index is -0.376. The number of Topliss-reactive ketones (excluding diaryl/α,β-unsaturated/α-hetero) is 2. The number of hydrogen-bond acceptors (Lipinski definition) is 3. The highest BCUT2D eigenvalue weighted by atomic mass is 16.5. The van der Waals surface area contributed by atoms with Crippen molar-refractivity contribution in [2.75, 3.05) is 6.61 Å². The minimum absolute atomic E-state index is 0.0798. The zero-order valence-electron chi connectivity index (χ0n) is 15.1. The van der Waals surface area contributed by atoms with Crippen molar-refractivity contribution in [1.82, 2.24) is 0 Å². The summed E-state index contributed by atoms with van der Waals surface area (Å²) in [6, 6.07) is 7.62. The number of unbranched alkanes of at least 4 members (excludes halogenated alkanes) is 2. The lowest BCUT2D eigenvalue weighted by Crippen LogP contribution is -2.32. The zero-order chi connectivity index (χ0) is 17.4. The van der Waals surface area contributed by atoms with Crippen molar-refractivity contribution < 1.29 is 14.3 Å². The average Bonchev–Trinajstić information content (AvgIpc) is 2.57. The molecule has 1 aromatic rings. The van der Waals surface area contributed by atoms with Crippen LogP contribution in [0.5, 0.6) is 5.75 Å². The molecule has 1 aromatic carbocycles. The molecule has 132 valence electrons. The molecule has 0 saturated heterocycles. The molecule has 0 radical (unpaired) electrons. The highest BCUT2D eigenvalue weighted by Gasteiger charge is 2.32. The molecule has 0 aromatic heterocycles. The van der Waals surface area contributed by atoms with Crippen molar-refractivity contribution in [3.8, 4) is 5.75 Å². The van der Waals surface area contributed by atoms with Gasteiger partial charge in [0, 0.05) is 12.8 Å². The van der Waals surface area contributed by atoms with Gasteiger partial charge in [-0.05, 0) is 43.4 Å². The fourth-order valence-electron chi connectivity index (χ4n) is 3.56. The topological polar surface area (TPSA) is 43.4 Å². The Balaban J connectivity index is 1.83.